The number of hydrogen-bond acceptors (Lipinski definition) is 9. The van der Waals surface area contributed by atoms with Gasteiger partial charge in [-0.25, -0.2) is 9.58 Å². The van der Waals surface area contributed by atoms with Crippen molar-refractivity contribution in [3.05, 3.63) is 46.6 Å². The van der Waals surface area contributed by atoms with E-state index in [1.165, 1.54) is 6.34 Å². The molecule has 2 atom stereocenters. The Bertz CT molecular complexity index is 1410. The van der Waals surface area contributed by atoms with E-state index in [9.17, 15) is 9.59 Å². The number of amides is 2. The molecule has 4 N–H and O–H groups in total. The molecule has 194 valence electrons. The topological polar surface area (TPSA) is 152 Å². The second-order valence-electron chi connectivity index (χ2n) is 9.33. The maximum Gasteiger partial charge on any atom is 0.309 e. The Morgan fingerprint density at radius 1 is 1.32 bits per heavy atom. The summed E-state index contributed by atoms with van der Waals surface area (Å²) in [4.78, 5) is 39.5. The minimum atomic E-state index is -0.850. The van der Waals surface area contributed by atoms with E-state index in [-0.39, 0.29) is 23.7 Å². The van der Waals surface area contributed by atoms with Crippen LogP contribution in [0, 0.1) is 0 Å². The van der Waals surface area contributed by atoms with Crippen molar-refractivity contribution < 1.29 is 14.0 Å². The fourth-order valence-corrected chi connectivity index (χ4v) is 4.78. The summed E-state index contributed by atoms with van der Waals surface area (Å²) in [6.07, 6.45) is 5.58. The number of benzene rings is 1. The molecule has 0 saturated carbocycles. The van der Waals surface area contributed by atoms with Gasteiger partial charge in [0.1, 0.15) is 23.8 Å². The number of primary amides is 1. The van der Waals surface area contributed by atoms with Crippen LogP contribution in [0.3, 0.4) is 0 Å². The maximum absolute atomic E-state index is 12.9. The van der Waals surface area contributed by atoms with Gasteiger partial charge in [0, 0.05) is 30.7 Å². The van der Waals surface area contributed by atoms with Gasteiger partial charge in [0.2, 0.25) is 5.91 Å². The zero-order chi connectivity index (χ0) is 26.3. The first-order valence-electron chi connectivity index (χ1n) is 11.9. The summed E-state index contributed by atoms with van der Waals surface area (Å²) >= 11 is 6.12. The zero-order valence-corrected chi connectivity index (χ0v) is 21.3. The van der Waals surface area contributed by atoms with E-state index in [2.05, 4.69) is 15.1 Å². The Balaban J connectivity index is 1.54. The highest BCUT2D eigenvalue weighted by atomic mass is 35.5. The number of oxazole rings is 1. The lowest BCUT2D eigenvalue weighted by atomic mass is 10.1. The highest BCUT2D eigenvalue weighted by molar-refractivity contribution is 6.31. The number of fused-ring (bicyclic) bond motifs is 2. The number of aliphatic imine (C=N–C) groups is 1. The van der Waals surface area contributed by atoms with Gasteiger partial charge in [0.25, 0.3) is 5.91 Å². The molecule has 12 nitrogen and oxygen atoms in total. The Hall–Kier alpha value is -3.74. The molecule has 0 radical (unpaired) electrons. The third-order valence-corrected chi connectivity index (χ3v) is 6.59. The second kappa shape index (κ2) is 9.96. The van der Waals surface area contributed by atoms with E-state index in [1.807, 2.05) is 25.1 Å². The second-order valence-corrected chi connectivity index (χ2v) is 9.76. The van der Waals surface area contributed by atoms with Gasteiger partial charge in [0.05, 0.1) is 11.6 Å². The summed E-state index contributed by atoms with van der Waals surface area (Å²) in [5, 5.41) is 5.10. The third-order valence-electron chi connectivity index (χ3n) is 6.35. The fraction of sp³-hybridized carbons (Fsp3) is 0.375. The van der Waals surface area contributed by atoms with Gasteiger partial charge >= 0.3 is 6.01 Å². The number of carbonyl (C=O) groups excluding carboxylic acids is 2. The molecule has 0 aliphatic carbocycles. The predicted octanol–water partition coefficient (Wildman–Crippen LogP) is 2.20. The number of nitrogens with zero attached hydrogens (tertiary/aromatic N) is 7. The molecule has 0 bridgehead atoms. The van der Waals surface area contributed by atoms with E-state index >= 15 is 0 Å². The van der Waals surface area contributed by atoms with E-state index in [1.54, 1.807) is 38.8 Å². The number of likely N-dealkylation sites (N-methyl/N-ethyl adjacent to an activating group) is 1. The summed E-state index contributed by atoms with van der Waals surface area (Å²) in [6.45, 7) is 1.70. The van der Waals surface area contributed by atoms with Crippen LogP contribution in [0.1, 0.15) is 41.1 Å². The van der Waals surface area contributed by atoms with Gasteiger partial charge < -0.3 is 25.7 Å². The molecule has 2 aliphatic rings. The molecule has 4 heterocycles. The molecule has 2 aliphatic heterocycles. The number of carbonyl (C=O) groups is 2. The molecular weight excluding hydrogens is 498 g/mol. The van der Waals surface area contributed by atoms with E-state index in [0.29, 0.717) is 47.1 Å². The lowest BCUT2D eigenvalue weighted by Gasteiger charge is -2.34. The number of nitrogens with two attached hydrogens (primary N) is 2. The van der Waals surface area contributed by atoms with Crippen LogP contribution < -0.4 is 16.4 Å². The van der Waals surface area contributed by atoms with Crippen LogP contribution in [0.15, 0.2) is 39.8 Å². The number of likely N-dealkylation sites (tertiary alicyclic amines) is 1. The van der Waals surface area contributed by atoms with Crippen LogP contribution >= 0.6 is 11.6 Å². The van der Waals surface area contributed by atoms with Crippen LogP contribution in [0.25, 0.3) is 11.1 Å². The Morgan fingerprint density at radius 3 is 2.89 bits per heavy atom. The SMILES string of the molecule is CN(C)C/C=C/C(=O)N1CCCC(n2nc(C(N)=O)c3c2N(c2nc4cc(Cl)ccc4o2)C=N[C@H]3N)C1. The molecule has 1 saturated heterocycles. The summed E-state index contributed by atoms with van der Waals surface area (Å²) in [5.74, 6) is -0.313. The first-order valence-corrected chi connectivity index (χ1v) is 12.3. The number of piperidine rings is 1. The number of anilines is 2. The first kappa shape index (κ1) is 24.9. The standard InChI is InChI=1S/C24H28ClN9O3/c1-31(2)9-4-6-18(35)32-10-3-5-15(12-32)34-23-19(20(30-34)22(27)36)21(26)28-13-33(23)24-29-16-11-14(25)7-8-17(16)37-24/h4,6-8,11,13,15,21H,3,5,9-10,12,26H2,1-2H3,(H2,27,36)/b6-4+/t15?,21-/m1/s1. The minimum absolute atomic E-state index is 0.0258. The van der Waals surface area contributed by atoms with Crippen molar-refractivity contribution in [1.82, 2.24) is 24.6 Å². The van der Waals surface area contributed by atoms with Crippen LogP contribution in [0.4, 0.5) is 11.8 Å². The monoisotopic (exact) mass is 525 g/mol. The Morgan fingerprint density at radius 2 is 2.14 bits per heavy atom. The smallest absolute Gasteiger partial charge is 0.309 e. The van der Waals surface area contributed by atoms with Crippen LogP contribution in [0.5, 0.6) is 0 Å². The van der Waals surface area contributed by atoms with Gasteiger partial charge in [-0.05, 0) is 45.1 Å². The molecule has 5 rings (SSSR count). The molecule has 1 unspecified atom stereocenters. The largest absolute Gasteiger partial charge is 0.423 e. The molecule has 37 heavy (non-hydrogen) atoms. The van der Waals surface area contributed by atoms with Crippen molar-refractivity contribution in [3.8, 4) is 0 Å². The van der Waals surface area contributed by atoms with Crippen molar-refractivity contribution in [1.29, 1.82) is 0 Å². The van der Waals surface area contributed by atoms with Crippen molar-refractivity contribution in [2.24, 2.45) is 16.5 Å². The Kier molecular flexibility index (Phi) is 6.71. The molecule has 13 heteroatoms. The van der Waals surface area contributed by atoms with E-state index < -0.39 is 12.1 Å². The minimum Gasteiger partial charge on any atom is -0.423 e. The average molecular weight is 526 g/mol. The van der Waals surface area contributed by atoms with Gasteiger partial charge in [-0.3, -0.25) is 14.6 Å². The summed E-state index contributed by atoms with van der Waals surface area (Å²) in [5.41, 5.74) is 13.5. The lowest BCUT2D eigenvalue weighted by Crippen LogP contribution is -2.41. The van der Waals surface area contributed by atoms with E-state index in [4.69, 9.17) is 27.5 Å². The normalized spacial score (nSPS) is 19.8. The maximum atomic E-state index is 12.9. The number of rotatable bonds is 6. The number of hydrogen-bond donors (Lipinski definition) is 2. The lowest BCUT2D eigenvalue weighted by molar-refractivity contribution is -0.127. The molecule has 1 fully saturated rings. The van der Waals surface area contributed by atoms with Gasteiger partial charge in [-0.2, -0.15) is 10.1 Å². The summed E-state index contributed by atoms with van der Waals surface area (Å²) in [6, 6.07) is 5.10. The fourth-order valence-electron chi connectivity index (χ4n) is 4.61. The average Bonchev–Trinajstić information content (AvgIpc) is 3.46. The molecule has 3 aromatic rings. The Labute approximate surface area is 218 Å². The van der Waals surface area contributed by atoms with Gasteiger partial charge in [-0.1, -0.05) is 17.7 Å². The molecule has 0 spiro atoms. The van der Waals surface area contributed by atoms with Crippen molar-refractivity contribution in [2.45, 2.75) is 25.0 Å². The summed E-state index contributed by atoms with van der Waals surface area (Å²) in [7, 11) is 3.88. The predicted molar refractivity (Wildman–Crippen MR) is 140 cm³/mol. The third kappa shape index (κ3) is 4.82. The first-order chi connectivity index (χ1) is 17.7. The molecule has 2 amide bonds. The quantitative estimate of drug-likeness (QED) is 0.464. The van der Waals surface area contributed by atoms with Crippen molar-refractivity contribution >= 4 is 52.7 Å². The van der Waals surface area contributed by atoms with Crippen molar-refractivity contribution in [3.63, 3.8) is 0 Å². The summed E-state index contributed by atoms with van der Waals surface area (Å²) < 4.78 is 7.68. The van der Waals surface area contributed by atoms with Crippen LogP contribution in [0.2, 0.25) is 5.02 Å². The number of aromatic nitrogens is 3. The molecule has 2 aromatic heterocycles. The molecular formula is C24H28ClN9O3. The van der Waals surface area contributed by atoms with Gasteiger partial charge in [-0.15, -0.1) is 0 Å². The zero-order valence-electron chi connectivity index (χ0n) is 20.5. The van der Waals surface area contributed by atoms with Gasteiger partial charge in [0.15, 0.2) is 11.3 Å². The highest BCUT2D eigenvalue weighted by Crippen LogP contribution is 2.40. The van der Waals surface area contributed by atoms with Crippen molar-refractivity contribution in [2.75, 3.05) is 38.6 Å². The van der Waals surface area contributed by atoms with Crippen LogP contribution in [-0.4, -0.2) is 76.4 Å². The molecule has 1 aromatic carbocycles. The van der Waals surface area contributed by atoms with Crippen LogP contribution in [-0.2, 0) is 4.79 Å². The highest BCUT2D eigenvalue weighted by Gasteiger charge is 2.37. The number of halogens is 1. The van der Waals surface area contributed by atoms with E-state index in [0.717, 1.165) is 12.8 Å².